The van der Waals surface area contributed by atoms with Crippen molar-refractivity contribution in [1.29, 1.82) is 0 Å². The van der Waals surface area contributed by atoms with E-state index < -0.39 is 10.0 Å². The molecule has 1 aromatic rings. The van der Waals surface area contributed by atoms with Gasteiger partial charge in [0.05, 0.1) is 11.9 Å². The molecule has 6 heteroatoms. The molecule has 0 saturated carbocycles. The first-order valence-electron chi connectivity index (χ1n) is 7.64. The van der Waals surface area contributed by atoms with E-state index in [1.807, 2.05) is 32.9 Å². The minimum atomic E-state index is -3.52. The predicted molar refractivity (Wildman–Crippen MR) is 90.5 cm³/mol. The second-order valence-corrected chi connectivity index (χ2v) is 7.42. The number of amides is 1. The van der Waals surface area contributed by atoms with Gasteiger partial charge in [0.2, 0.25) is 15.9 Å². The fraction of sp³-hybridized carbons (Fsp3) is 0.562. The average Bonchev–Trinajstić information content (AvgIpc) is 2.43. The molecule has 0 unspecified atom stereocenters. The largest absolute Gasteiger partial charge is 0.352 e. The number of sulfonamides is 1. The van der Waals surface area contributed by atoms with Crippen LogP contribution in [0.4, 0.5) is 5.69 Å². The number of hydrogen-bond acceptors (Lipinski definition) is 3. The quantitative estimate of drug-likeness (QED) is 0.797. The molecule has 0 saturated heterocycles. The maximum absolute atomic E-state index is 12.1. The lowest BCUT2D eigenvalue weighted by Gasteiger charge is -2.25. The van der Waals surface area contributed by atoms with Crippen molar-refractivity contribution in [2.75, 3.05) is 17.1 Å². The van der Waals surface area contributed by atoms with Crippen molar-refractivity contribution < 1.29 is 13.2 Å². The van der Waals surface area contributed by atoms with E-state index >= 15 is 0 Å². The molecule has 1 amide bonds. The summed E-state index contributed by atoms with van der Waals surface area (Å²) < 4.78 is 25.4. The van der Waals surface area contributed by atoms with Crippen LogP contribution >= 0.6 is 0 Å². The van der Waals surface area contributed by atoms with Gasteiger partial charge in [-0.15, -0.1) is 0 Å². The highest BCUT2D eigenvalue weighted by molar-refractivity contribution is 7.92. The molecule has 0 spiro atoms. The van der Waals surface area contributed by atoms with Gasteiger partial charge in [-0.05, 0) is 31.4 Å². The van der Waals surface area contributed by atoms with E-state index in [1.165, 1.54) is 4.31 Å². The molecule has 22 heavy (non-hydrogen) atoms. The number of nitrogens with zero attached hydrogens (tertiary/aromatic N) is 1. The summed E-state index contributed by atoms with van der Waals surface area (Å²) in [6.07, 6.45) is 3.67. The number of anilines is 1. The number of carbonyl (C=O) groups excluding carboxylic acids is 1. The standard InChI is InChI=1S/C16H26N2O3S/c1-5-9-13(3)17-16(19)12-18(22(4,20)21)15-11-8-7-10-14(15)6-2/h7-8,10-11,13H,5-6,9,12H2,1-4H3,(H,17,19)/t13-/m1/s1. The van der Waals surface area contributed by atoms with E-state index in [0.29, 0.717) is 12.1 Å². The van der Waals surface area contributed by atoms with Crippen LogP contribution in [0.2, 0.25) is 0 Å². The lowest BCUT2D eigenvalue weighted by molar-refractivity contribution is -0.120. The third-order valence-corrected chi connectivity index (χ3v) is 4.58. The van der Waals surface area contributed by atoms with E-state index in [1.54, 1.807) is 12.1 Å². The number of carbonyl (C=O) groups is 1. The molecule has 0 aliphatic rings. The molecule has 0 aliphatic carbocycles. The van der Waals surface area contributed by atoms with Crippen LogP contribution in [-0.4, -0.2) is 33.2 Å². The molecule has 1 aromatic carbocycles. The molecule has 0 fully saturated rings. The van der Waals surface area contributed by atoms with E-state index in [-0.39, 0.29) is 18.5 Å². The lowest BCUT2D eigenvalue weighted by atomic mass is 10.1. The zero-order valence-corrected chi connectivity index (χ0v) is 14.6. The highest BCUT2D eigenvalue weighted by Crippen LogP contribution is 2.23. The number of hydrogen-bond donors (Lipinski definition) is 1. The van der Waals surface area contributed by atoms with Gasteiger partial charge < -0.3 is 5.32 Å². The third kappa shape index (κ3) is 5.33. The van der Waals surface area contributed by atoms with Gasteiger partial charge in [-0.1, -0.05) is 38.5 Å². The molecule has 5 nitrogen and oxygen atoms in total. The molecule has 0 aliphatic heterocycles. The molecule has 1 rings (SSSR count). The fourth-order valence-electron chi connectivity index (χ4n) is 2.39. The van der Waals surface area contributed by atoms with E-state index in [9.17, 15) is 13.2 Å². The Bertz CT molecular complexity index is 599. The highest BCUT2D eigenvalue weighted by Gasteiger charge is 2.23. The number of para-hydroxylation sites is 1. The molecule has 1 N–H and O–H groups in total. The van der Waals surface area contributed by atoms with Crippen molar-refractivity contribution in [3.05, 3.63) is 29.8 Å². The first kappa shape index (κ1) is 18.5. The SMILES string of the molecule is CCC[C@@H](C)NC(=O)CN(c1ccccc1CC)S(C)(=O)=O. The van der Waals surface area contributed by atoms with Crippen LogP contribution in [0.3, 0.4) is 0 Å². The second-order valence-electron chi connectivity index (χ2n) is 5.51. The predicted octanol–water partition coefficient (Wildman–Crippen LogP) is 2.32. The van der Waals surface area contributed by atoms with Crippen molar-refractivity contribution in [2.45, 2.75) is 46.1 Å². The zero-order chi connectivity index (χ0) is 16.8. The van der Waals surface area contributed by atoms with Crippen LogP contribution in [0.1, 0.15) is 39.2 Å². The van der Waals surface area contributed by atoms with Crippen LogP contribution in [0.5, 0.6) is 0 Å². The molecule has 0 heterocycles. The van der Waals surface area contributed by atoms with Gasteiger partial charge >= 0.3 is 0 Å². The fourth-order valence-corrected chi connectivity index (χ4v) is 3.28. The maximum atomic E-state index is 12.1. The summed E-state index contributed by atoms with van der Waals surface area (Å²) in [5.41, 5.74) is 1.48. The molecule has 0 bridgehead atoms. The van der Waals surface area contributed by atoms with Crippen molar-refractivity contribution in [3.8, 4) is 0 Å². The molecular weight excluding hydrogens is 300 g/mol. The monoisotopic (exact) mass is 326 g/mol. The molecule has 0 aromatic heterocycles. The Kier molecular flexibility index (Phi) is 6.87. The summed E-state index contributed by atoms with van der Waals surface area (Å²) in [5, 5.41) is 2.85. The first-order valence-corrected chi connectivity index (χ1v) is 9.49. The van der Waals surface area contributed by atoms with Crippen LogP contribution in [0.15, 0.2) is 24.3 Å². The van der Waals surface area contributed by atoms with Gasteiger partial charge in [0.1, 0.15) is 6.54 Å². The Hall–Kier alpha value is -1.56. The Balaban J connectivity index is 2.99. The van der Waals surface area contributed by atoms with Gasteiger partial charge in [-0.2, -0.15) is 0 Å². The minimum Gasteiger partial charge on any atom is -0.352 e. The van der Waals surface area contributed by atoms with Crippen molar-refractivity contribution in [2.24, 2.45) is 0 Å². The van der Waals surface area contributed by atoms with Crippen LogP contribution in [0, 0.1) is 0 Å². The summed E-state index contributed by atoms with van der Waals surface area (Å²) >= 11 is 0. The Morgan fingerprint density at radius 3 is 2.45 bits per heavy atom. The first-order chi connectivity index (χ1) is 10.3. The molecular formula is C16H26N2O3S. The summed E-state index contributed by atoms with van der Waals surface area (Å²) in [6, 6.07) is 7.31. The van der Waals surface area contributed by atoms with E-state index in [4.69, 9.17) is 0 Å². The smallest absolute Gasteiger partial charge is 0.240 e. The van der Waals surface area contributed by atoms with Crippen LogP contribution in [0.25, 0.3) is 0 Å². The van der Waals surface area contributed by atoms with Crippen molar-refractivity contribution in [1.82, 2.24) is 5.32 Å². The zero-order valence-electron chi connectivity index (χ0n) is 13.8. The summed E-state index contributed by atoms with van der Waals surface area (Å²) in [6.45, 7) is 5.74. The average molecular weight is 326 g/mol. The van der Waals surface area contributed by atoms with Crippen molar-refractivity contribution in [3.63, 3.8) is 0 Å². The van der Waals surface area contributed by atoms with Gasteiger partial charge in [-0.25, -0.2) is 8.42 Å². The number of benzene rings is 1. The van der Waals surface area contributed by atoms with Crippen LogP contribution in [-0.2, 0) is 21.2 Å². The van der Waals surface area contributed by atoms with Gasteiger partial charge in [0, 0.05) is 6.04 Å². The highest BCUT2D eigenvalue weighted by atomic mass is 32.2. The molecule has 1 atom stereocenters. The van der Waals surface area contributed by atoms with Gasteiger partial charge in [-0.3, -0.25) is 9.10 Å². The lowest BCUT2D eigenvalue weighted by Crippen LogP contribution is -2.43. The summed E-state index contributed by atoms with van der Waals surface area (Å²) in [7, 11) is -3.52. The molecule has 0 radical (unpaired) electrons. The van der Waals surface area contributed by atoms with Gasteiger partial charge in [0.15, 0.2) is 0 Å². The Morgan fingerprint density at radius 2 is 1.91 bits per heavy atom. The minimum absolute atomic E-state index is 0.0420. The normalized spacial score (nSPS) is 12.7. The summed E-state index contributed by atoms with van der Waals surface area (Å²) in [5.74, 6) is -0.280. The number of nitrogens with one attached hydrogen (secondary N) is 1. The molecule has 124 valence electrons. The number of aryl methyl sites for hydroxylation is 1. The second kappa shape index (κ2) is 8.17. The van der Waals surface area contributed by atoms with Crippen LogP contribution < -0.4 is 9.62 Å². The van der Waals surface area contributed by atoms with E-state index in [2.05, 4.69) is 5.32 Å². The maximum Gasteiger partial charge on any atom is 0.240 e. The topological polar surface area (TPSA) is 66.5 Å². The van der Waals surface area contributed by atoms with Gasteiger partial charge in [0.25, 0.3) is 0 Å². The van der Waals surface area contributed by atoms with E-state index in [0.717, 1.165) is 24.7 Å². The Morgan fingerprint density at radius 1 is 1.27 bits per heavy atom. The third-order valence-electron chi connectivity index (χ3n) is 3.46. The number of rotatable bonds is 8. The van der Waals surface area contributed by atoms with Crippen molar-refractivity contribution >= 4 is 21.6 Å². The summed E-state index contributed by atoms with van der Waals surface area (Å²) in [4.78, 5) is 12.1. The Labute approximate surface area is 133 Å².